The van der Waals surface area contributed by atoms with Crippen molar-refractivity contribution in [3.8, 4) is 5.75 Å². The van der Waals surface area contributed by atoms with E-state index < -0.39 is 11.6 Å². The Morgan fingerprint density at radius 3 is 2.33 bits per heavy atom. The number of halogens is 2. The molecular weight excluding hydrogens is 466 g/mol. The standard InChI is InChI=1S/C28H38F2N2O4/c1-32(2)20-23(19-27(34)36-21-22-13-8-7-9-14-22)31-26(33)17-10-5-3-4-6-11-18-35-25-16-12-15-24(29)28(25)30/h7-9,12-16,23H,3-6,10-11,17-21H2,1-2H3,(H,31,33)/t23-/m1/s1. The second-order valence-electron chi connectivity index (χ2n) is 9.15. The minimum Gasteiger partial charge on any atom is -0.490 e. The quantitative estimate of drug-likeness (QED) is 0.235. The minimum atomic E-state index is -0.951. The molecule has 0 heterocycles. The number of ether oxygens (including phenoxy) is 2. The summed E-state index contributed by atoms with van der Waals surface area (Å²) in [5.41, 5.74) is 0.923. The number of carbonyl (C=O) groups is 2. The molecule has 2 aromatic carbocycles. The molecule has 0 radical (unpaired) electrons. The van der Waals surface area contributed by atoms with Crippen molar-refractivity contribution in [3.05, 3.63) is 65.7 Å². The van der Waals surface area contributed by atoms with Gasteiger partial charge >= 0.3 is 5.97 Å². The normalized spacial score (nSPS) is 11.8. The smallest absolute Gasteiger partial charge is 0.308 e. The highest BCUT2D eigenvalue weighted by molar-refractivity contribution is 5.77. The van der Waals surface area contributed by atoms with Gasteiger partial charge in [0.1, 0.15) is 6.61 Å². The topological polar surface area (TPSA) is 67.9 Å². The number of hydrogen-bond donors (Lipinski definition) is 1. The zero-order valence-electron chi connectivity index (χ0n) is 21.3. The summed E-state index contributed by atoms with van der Waals surface area (Å²) in [5.74, 6) is -2.32. The molecule has 1 atom stereocenters. The van der Waals surface area contributed by atoms with Crippen LogP contribution in [0.2, 0.25) is 0 Å². The van der Waals surface area contributed by atoms with E-state index in [-0.39, 0.29) is 36.7 Å². The predicted octanol–water partition coefficient (Wildman–Crippen LogP) is 5.25. The third-order valence-electron chi connectivity index (χ3n) is 5.58. The minimum absolute atomic E-state index is 0.0574. The molecule has 2 rings (SSSR count). The van der Waals surface area contributed by atoms with Gasteiger partial charge in [-0.1, -0.05) is 62.1 Å². The van der Waals surface area contributed by atoms with Crippen LogP contribution in [0, 0.1) is 11.6 Å². The van der Waals surface area contributed by atoms with Crippen molar-refractivity contribution in [3.63, 3.8) is 0 Å². The third-order valence-corrected chi connectivity index (χ3v) is 5.58. The van der Waals surface area contributed by atoms with E-state index in [9.17, 15) is 18.4 Å². The second kappa shape index (κ2) is 16.6. The molecule has 0 unspecified atom stereocenters. The van der Waals surface area contributed by atoms with Gasteiger partial charge in [0, 0.05) is 13.0 Å². The number of nitrogens with zero attached hydrogens (tertiary/aromatic N) is 1. The number of unbranched alkanes of at least 4 members (excludes halogenated alkanes) is 5. The van der Waals surface area contributed by atoms with E-state index in [2.05, 4.69) is 5.32 Å². The van der Waals surface area contributed by atoms with Crippen LogP contribution in [-0.2, 0) is 20.9 Å². The maximum Gasteiger partial charge on any atom is 0.308 e. The summed E-state index contributed by atoms with van der Waals surface area (Å²) >= 11 is 0. The van der Waals surface area contributed by atoms with E-state index in [1.54, 1.807) is 0 Å². The van der Waals surface area contributed by atoms with Crippen molar-refractivity contribution in [2.45, 2.75) is 64.0 Å². The molecule has 0 spiro atoms. The number of carbonyl (C=O) groups excluding carboxylic acids is 2. The Kier molecular flexibility index (Phi) is 13.5. The molecular formula is C28H38F2N2O4. The summed E-state index contributed by atoms with van der Waals surface area (Å²) < 4.78 is 37.3. The Hall–Kier alpha value is -3.00. The van der Waals surface area contributed by atoms with Crippen LogP contribution < -0.4 is 10.1 Å². The fourth-order valence-electron chi connectivity index (χ4n) is 3.77. The Morgan fingerprint density at radius 2 is 1.61 bits per heavy atom. The van der Waals surface area contributed by atoms with Crippen molar-refractivity contribution < 1.29 is 27.8 Å². The van der Waals surface area contributed by atoms with E-state index in [4.69, 9.17) is 9.47 Å². The largest absolute Gasteiger partial charge is 0.490 e. The van der Waals surface area contributed by atoms with Crippen LogP contribution in [0.1, 0.15) is 56.9 Å². The molecule has 0 aliphatic rings. The van der Waals surface area contributed by atoms with Gasteiger partial charge in [0.2, 0.25) is 11.7 Å². The molecule has 1 N–H and O–H groups in total. The molecule has 1 amide bonds. The Labute approximate surface area is 213 Å². The van der Waals surface area contributed by atoms with Crippen LogP contribution in [0.4, 0.5) is 8.78 Å². The average Bonchev–Trinajstić information content (AvgIpc) is 2.84. The summed E-state index contributed by atoms with van der Waals surface area (Å²) in [4.78, 5) is 26.6. The molecule has 0 fully saturated rings. The molecule has 8 heteroatoms. The Balaban J connectivity index is 1.56. The highest BCUT2D eigenvalue weighted by Crippen LogP contribution is 2.19. The van der Waals surface area contributed by atoms with E-state index >= 15 is 0 Å². The number of benzene rings is 2. The van der Waals surface area contributed by atoms with Crippen molar-refractivity contribution in [1.82, 2.24) is 10.2 Å². The predicted molar refractivity (Wildman–Crippen MR) is 136 cm³/mol. The Morgan fingerprint density at radius 1 is 0.917 bits per heavy atom. The van der Waals surface area contributed by atoms with Crippen LogP contribution in [0.5, 0.6) is 5.75 Å². The van der Waals surface area contributed by atoms with Crippen molar-refractivity contribution in [1.29, 1.82) is 0 Å². The van der Waals surface area contributed by atoms with Crippen LogP contribution >= 0.6 is 0 Å². The first-order valence-electron chi connectivity index (χ1n) is 12.6. The lowest BCUT2D eigenvalue weighted by atomic mass is 10.1. The van der Waals surface area contributed by atoms with E-state index in [1.807, 2.05) is 49.3 Å². The lowest BCUT2D eigenvalue weighted by molar-refractivity contribution is -0.145. The summed E-state index contributed by atoms with van der Waals surface area (Å²) in [6.07, 6.45) is 5.85. The van der Waals surface area contributed by atoms with Gasteiger partial charge in [0.15, 0.2) is 11.6 Å². The fourth-order valence-corrected chi connectivity index (χ4v) is 3.77. The zero-order chi connectivity index (χ0) is 26.2. The number of hydrogen-bond acceptors (Lipinski definition) is 5. The SMILES string of the molecule is CN(C)C[C@@H](CC(=O)OCc1ccccc1)NC(=O)CCCCCCCCOc1cccc(F)c1F. The third kappa shape index (κ3) is 12.1. The van der Waals surface area contributed by atoms with Crippen molar-refractivity contribution in [2.24, 2.45) is 0 Å². The first-order valence-corrected chi connectivity index (χ1v) is 12.6. The molecule has 0 aromatic heterocycles. The summed E-state index contributed by atoms with van der Waals surface area (Å²) in [6, 6.07) is 13.1. The number of rotatable bonds is 17. The fraction of sp³-hybridized carbons (Fsp3) is 0.500. The molecule has 198 valence electrons. The van der Waals surface area contributed by atoms with E-state index in [1.165, 1.54) is 12.1 Å². The van der Waals surface area contributed by atoms with Gasteiger partial charge in [-0.25, -0.2) is 4.39 Å². The molecule has 0 aliphatic heterocycles. The molecule has 2 aromatic rings. The number of amides is 1. The van der Waals surface area contributed by atoms with Crippen LogP contribution in [0.3, 0.4) is 0 Å². The summed E-state index contributed by atoms with van der Waals surface area (Å²) in [6.45, 7) is 1.10. The van der Waals surface area contributed by atoms with E-state index in [0.717, 1.165) is 50.2 Å². The molecule has 0 bridgehead atoms. The maximum absolute atomic E-state index is 13.5. The van der Waals surface area contributed by atoms with E-state index in [0.29, 0.717) is 19.6 Å². The van der Waals surface area contributed by atoms with Crippen LogP contribution in [0.15, 0.2) is 48.5 Å². The second-order valence-corrected chi connectivity index (χ2v) is 9.15. The maximum atomic E-state index is 13.5. The average molecular weight is 505 g/mol. The highest BCUT2D eigenvalue weighted by atomic mass is 19.2. The van der Waals surface area contributed by atoms with Gasteiger partial charge in [-0.15, -0.1) is 0 Å². The van der Waals surface area contributed by atoms with Crippen LogP contribution in [0.25, 0.3) is 0 Å². The molecule has 0 aliphatic carbocycles. The number of esters is 1. The zero-order valence-corrected chi connectivity index (χ0v) is 21.3. The molecule has 6 nitrogen and oxygen atoms in total. The highest BCUT2D eigenvalue weighted by Gasteiger charge is 2.18. The van der Waals surface area contributed by atoms with Gasteiger partial charge in [-0.2, -0.15) is 4.39 Å². The van der Waals surface area contributed by atoms with Gasteiger partial charge in [-0.3, -0.25) is 9.59 Å². The molecule has 0 saturated heterocycles. The van der Waals surface area contributed by atoms with Gasteiger partial charge < -0.3 is 19.7 Å². The lowest BCUT2D eigenvalue weighted by Crippen LogP contribution is -2.43. The van der Waals surface area contributed by atoms with Gasteiger partial charge in [0.25, 0.3) is 0 Å². The molecule has 36 heavy (non-hydrogen) atoms. The first-order chi connectivity index (χ1) is 17.3. The number of nitrogens with one attached hydrogen (secondary N) is 1. The van der Waals surface area contributed by atoms with Crippen molar-refractivity contribution in [2.75, 3.05) is 27.2 Å². The molecule has 0 saturated carbocycles. The van der Waals surface area contributed by atoms with Crippen LogP contribution in [-0.4, -0.2) is 50.1 Å². The van der Waals surface area contributed by atoms with Gasteiger partial charge in [-0.05, 0) is 44.6 Å². The summed E-state index contributed by atoms with van der Waals surface area (Å²) in [5, 5.41) is 2.97. The lowest BCUT2D eigenvalue weighted by Gasteiger charge is -2.22. The number of likely N-dealkylation sites (N-methyl/N-ethyl adjacent to an activating group) is 1. The first kappa shape index (κ1) is 29.2. The van der Waals surface area contributed by atoms with Gasteiger partial charge in [0.05, 0.1) is 19.1 Å². The monoisotopic (exact) mass is 504 g/mol. The Bertz CT molecular complexity index is 925. The summed E-state index contributed by atoms with van der Waals surface area (Å²) in [7, 11) is 3.79. The van der Waals surface area contributed by atoms with Crippen molar-refractivity contribution >= 4 is 11.9 Å².